The van der Waals surface area contributed by atoms with E-state index < -0.39 is 0 Å². The largest absolute Gasteiger partial charge is 0.370 e. The number of carbonyl (C=O) groups excluding carboxylic acids is 2. The molecule has 4 rings (SSSR count). The first-order valence-electron chi connectivity index (χ1n) is 11.2. The minimum absolute atomic E-state index is 0.201. The first-order chi connectivity index (χ1) is 16.1. The fraction of sp³-hybridized carbons (Fsp3) is 0.231. The van der Waals surface area contributed by atoms with E-state index >= 15 is 0 Å². The average molecular weight is 463 g/mol. The van der Waals surface area contributed by atoms with Gasteiger partial charge in [-0.25, -0.2) is 4.79 Å². The molecule has 1 aliphatic heterocycles. The Morgan fingerprint density at radius 3 is 2.18 bits per heavy atom. The molecular formula is C26H27ClN4O2. The summed E-state index contributed by atoms with van der Waals surface area (Å²) in [5, 5.41) is 9.25. The summed E-state index contributed by atoms with van der Waals surface area (Å²) in [5.41, 5.74) is 3.37. The lowest BCUT2D eigenvalue weighted by Gasteiger charge is -2.26. The van der Waals surface area contributed by atoms with Crippen molar-refractivity contribution in [2.75, 3.05) is 33.9 Å². The van der Waals surface area contributed by atoms with Gasteiger partial charge in [-0.05, 0) is 61.4 Å². The SMILES string of the molecule is O=C(Nc1cccc(Cl)c1)Nc1cc(NC(=O)c2ccccc2)ccc1N1CCCCCC1. The topological polar surface area (TPSA) is 73.5 Å². The molecule has 1 fully saturated rings. The maximum atomic E-state index is 12.8. The van der Waals surface area contributed by atoms with E-state index in [4.69, 9.17) is 11.6 Å². The molecule has 0 atom stereocenters. The molecule has 0 aliphatic carbocycles. The highest BCUT2D eigenvalue weighted by Gasteiger charge is 2.17. The Balaban J connectivity index is 1.57. The fourth-order valence-electron chi connectivity index (χ4n) is 3.94. The second kappa shape index (κ2) is 10.9. The number of rotatable bonds is 5. The van der Waals surface area contributed by atoms with Gasteiger partial charge >= 0.3 is 6.03 Å². The van der Waals surface area contributed by atoms with Crippen molar-refractivity contribution in [1.29, 1.82) is 0 Å². The van der Waals surface area contributed by atoms with Crippen molar-refractivity contribution in [2.24, 2.45) is 0 Å². The predicted octanol–water partition coefficient (Wildman–Crippen LogP) is 6.62. The van der Waals surface area contributed by atoms with Crippen LogP contribution in [0.1, 0.15) is 36.0 Å². The van der Waals surface area contributed by atoms with Gasteiger partial charge in [-0.15, -0.1) is 0 Å². The average Bonchev–Trinajstić information content (AvgIpc) is 3.09. The number of halogens is 1. The molecule has 1 heterocycles. The Labute approximate surface area is 198 Å². The number of hydrogen-bond donors (Lipinski definition) is 3. The standard InChI is InChI=1S/C26H27ClN4O2/c27-20-11-8-12-21(17-20)29-26(33)30-23-18-22(28-25(32)19-9-4-3-5-10-19)13-14-24(23)31-15-6-1-2-7-16-31/h3-5,8-14,17-18H,1-2,6-7,15-16H2,(H,28,32)(H2,29,30,33). The number of anilines is 4. The van der Waals surface area contributed by atoms with Crippen molar-refractivity contribution >= 4 is 46.3 Å². The first-order valence-corrected chi connectivity index (χ1v) is 11.6. The normalized spacial score (nSPS) is 13.7. The summed E-state index contributed by atoms with van der Waals surface area (Å²) >= 11 is 6.03. The molecule has 3 aromatic rings. The van der Waals surface area contributed by atoms with Crippen LogP contribution in [0.5, 0.6) is 0 Å². The molecule has 1 aliphatic rings. The van der Waals surface area contributed by atoms with Crippen LogP contribution in [0.2, 0.25) is 5.02 Å². The van der Waals surface area contributed by atoms with E-state index in [1.807, 2.05) is 30.3 Å². The molecule has 0 saturated carbocycles. The zero-order valence-electron chi connectivity index (χ0n) is 18.3. The van der Waals surface area contributed by atoms with Crippen LogP contribution in [0.3, 0.4) is 0 Å². The van der Waals surface area contributed by atoms with Gasteiger partial charge in [0.1, 0.15) is 0 Å². The number of urea groups is 1. The van der Waals surface area contributed by atoms with Crippen molar-refractivity contribution < 1.29 is 9.59 Å². The molecule has 0 radical (unpaired) electrons. The molecule has 7 heteroatoms. The first kappa shape index (κ1) is 22.7. The Kier molecular flexibility index (Phi) is 7.47. The van der Waals surface area contributed by atoms with E-state index in [0.717, 1.165) is 31.6 Å². The fourth-order valence-corrected chi connectivity index (χ4v) is 4.14. The van der Waals surface area contributed by atoms with Crippen molar-refractivity contribution in [3.8, 4) is 0 Å². The molecule has 3 aromatic carbocycles. The summed E-state index contributed by atoms with van der Waals surface area (Å²) in [5.74, 6) is -0.201. The van der Waals surface area contributed by atoms with Crippen molar-refractivity contribution in [3.05, 3.63) is 83.4 Å². The molecular weight excluding hydrogens is 436 g/mol. The predicted molar refractivity (Wildman–Crippen MR) is 136 cm³/mol. The van der Waals surface area contributed by atoms with E-state index in [0.29, 0.717) is 27.6 Å². The molecule has 0 aromatic heterocycles. The minimum atomic E-state index is -0.375. The van der Waals surface area contributed by atoms with Crippen LogP contribution in [0.4, 0.5) is 27.5 Å². The van der Waals surface area contributed by atoms with Crippen LogP contribution in [0, 0.1) is 0 Å². The Morgan fingerprint density at radius 1 is 0.727 bits per heavy atom. The van der Waals surface area contributed by atoms with Gasteiger partial charge in [0.25, 0.3) is 5.91 Å². The summed E-state index contributed by atoms with van der Waals surface area (Å²) in [4.78, 5) is 27.7. The number of amides is 3. The van der Waals surface area contributed by atoms with Crippen LogP contribution >= 0.6 is 11.6 Å². The molecule has 3 N–H and O–H groups in total. The summed E-state index contributed by atoms with van der Waals surface area (Å²) < 4.78 is 0. The number of nitrogens with zero attached hydrogens (tertiary/aromatic N) is 1. The number of nitrogens with one attached hydrogen (secondary N) is 3. The molecule has 0 unspecified atom stereocenters. The highest BCUT2D eigenvalue weighted by atomic mass is 35.5. The Morgan fingerprint density at radius 2 is 1.45 bits per heavy atom. The molecule has 6 nitrogen and oxygen atoms in total. The lowest BCUT2D eigenvalue weighted by molar-refractivity contribution is 0.102. The van der Waals surface area contributed by atoms with Gasteiger partial charge in [0, 0.05) is 35.1 Å². The number of benzene rings is 3. The van der Waals surface area contributed by atoms with Crippen molar-refractivity contribution in [2.45, 2.75) is 25.7 Å². The Bertz CT molecular complexity index is 1110. The second-order valence-corrected chi connectivity index (χ2v) is 8.48. The molecule has 0 spiro atoms. The minimum Gasteiger partial charge on any atom is -0.370 e. The maximum Gasteiger partial charge on any atom is 0.323 e. The van der Waals surface area contributed by atoms with Crippen molar-refractivity contribution in [1.82, 2.24) is 0 Å². The van der Waals surface area contributed by atoms with Crippen LogP contribution < -0.4 is 20.9 Å². The summed E-state index contributed by atoms with van der Waals surface area (Å²) in [6.07, 6.45) is 4.64. The van der Waals surface area contributed by atoms with Crippen LogP contribution in [0.25, 0.3) is 0 Å². The van der Waals surface area contributed by atoms with Gasteiger partial charge in [0.05, 0.1) is 11.4 Å². The van der Waals surface area contributed by atoms with Crippen LogP contribution in [-0.2, 0) is 0 Å². The summed E-state index contributed by atoms with van der Waals surface area (Å²) in [7, 11) is 0. The quantitative estimate of drug-likeness (QED) is 0.399. The molecule has 0 bridgehead atoms. The van der Waals surface area contributed by atoms with Gasteiger partial charge < -0.3 is 20.9 Å². The van der Waals surface area contributed by atoms with E-state index in [-0.39, 0.29) is 11.9 Å². The van der Waals surface area contributed by atoms with Crippen molar-refractivity contribution in [3.63, 3.8) is 0 Å². The van der Waals surface area contributed by atoms with E-state index in [1.54, 1.807) is 42.5 Å². The third-order valence-corrected chi connectivity index (χ3v) is 5.80. The monoisotopic (exact) mass is 462 g/mol. The van der Waals surface area contributed by atoms with Gasteiger partial charge in [0.15, 0.2) is 0 Å². The van der Waals surface area contributed by atoms with E-state index in [2.05, 4.69) is 20.9 Å². The molecule has 33 heavy (non-hydrogen) atoms. The zero-order chi connectivity index (χ0) is 23.0. The Hall–Kier alpha value is -3.51. The smallest absolute Gasteiger partial charge is 0.323 e. The lowest BCUT2D eigenvalue weighted by Crippen LogP contribution is -2.27. The number of hydrogen-bond acceptors (Lipinski definition) is 3. The van der Waals surface area contributed by atoms with Gasteiger partial charge in [0.2, 0.25) is 0 Å². The molecule has 3 amide bonds. The summed E-state index contributed by atoms with van der Waals surface area (Å²) in [6.45, 7) is 1.86. The highest BCUT2D eigenvalue weighted by Crippen LogP contribution is 2.31. The third-order valence-electron chi connectivity index (χ3n) is 5.57. The molecule has 170 valence electrons. The summed E-state index contributed by atoms with van der Waals surface area (Å²) in [6, 6.07) is 21.3. The van der Waals surface area contributed by atoms with E-state index in [1.165, 1.54) is 12.8 Å². The zero-order valence-corrected chi connectivity index (χ0v) is 19.1. The lowest BCUT2D eigenvalue weighted by atomic mass is 10.1. The van der Waals surface area contributed by atoms with Gasteiger partial charge in [-0.1, -0.05) is 48.7 Å². The van der Waals surface area contributed by atoms with Crippen LogP contribution in [0.15, 0.2) is 72.8 Å². The highest BCUT2D eigenvalue weighted by molar-refractivity contribution is 6.30. The number of carbonyl (C=O) groups is 2. The van der Waals surface area contributed by atoms with Gasteiger partial charge in [-0.2, -0.15) is 0 Å². The van der Waals surface area contributed by atoms with Gasteiger partial charge in [-0.3, -0.25) is 4.79 Å². The third kappa shape index (κ3) is 6.26. The second-order valence-electron chi connectivity index (χ2n) is 8.04. The maximum absolute atomic E-state index is 12.8. The molecule has 1 saturated heterocycles. The van der Waals surface area contributed by atoms with E-state index in [9.17, 15) is 9.59 Å². The van der Waals surface area contributed by atoms with Crippen LogP contribution in [-0.4, -0.2) is 25.0 Å².